The number of ether oxygens (including phenoxy) is 2. The molecule has 1 aliphatic rings. The number of rotatable bonds is 5. The molecule has 1 amide bonds. The molecule has 154 valence electrons. The van der Waals surface area contributed by atoms with Crippen LogP contribution in [0.3, 0.4) is 0 Å². The number of benzene rings is 2. The van der Waals surface area contributed by atoms with E-state index < -0.39 is 16.8 Å². The van der Waals surface area contributed by atoms with Gasteiger partial charge in [0, 0.05) is 22.5 Å². The number of nitro benzene ring substituents is 1. The van der Waals surface area contributed by atoms with E-state index in [4.69, 9.17) is 21.1 Å². The van der Waals surface area contributed by atoms with E-state index >= 15 is 0 Å². The first-order valence-electron chi connectivity index (χ1n) is 8.72. The molecular weight excluding hydrogens is 412 g/mol. The SMILES string of the molecule is COC(=O)C1=C(C)N(c2ccc(Cl)cc2)C(=O)/C1=C\c1ccc(OC)c([N+](=O)[O-])c1. The highest BCUT2D eigenvalue weighted by Gasteiger charge is 2.38. The van der Waals surface area contributed by atoms with Crippen molar-refractivity contribution < 1.29 is 24.0 Å². The van der Waals surface area contributed by atoms with E-state index in [1.54, 1.807) is 37.3 Å². The van der Waals surface area contributed by atoms with Crippen molar-refractivity contribution in [2.45, 2.75) is 6.92 Å². The van der Waals surface area contributed by atoms with Crippen LogP contribution in [0.4, 0.5) is 11.4 Å². The summed E-state index contributed by atoms with van der Waals surface area (Å²) in [5, 5.41) is 11.8. The Morgan fingerprint density at radius 3 is 2.40 bits per heavy atom. The van der Waals surface area contributed by atoms with Crippen molar-refractivity contribution in [2.75, 3.05) is 19.1 Å². The Morgan fingerprint density at radius 2 is 1.83 bits per heavy atom. The van der Waals surface area contributed by atoms with Crippen LogP contribution >= 0.6 is 11.6 Å². The van der Waals surface area contributed by atoms with Crippen molar-refractivity contribution in [3.8, 4) is 5.75 Å². The predicted octanol–water partition coefficient (Wildman–Crippen LogP) is 4.13. The molecule has 0 bridgehead atoms. The van der Waals surface area contributed by atoms with E-state index in [-0.39, 0.29) is 22.6 Å². The molecule has 3 rings (SSSR count). The average Bonchev–Trinajstić information content (AvgIpc) is 2.97. The summed E-state index contributed by atoms with van der Waals surface area (Å²) < 4.78 is 9.86. The van der Waals surface area contributed by atoms with Gasteiger partial charge in [0.2, 0.25) is 0 Å². The lowest BCUT2D eigenvalue weighted by atomic mass is 10.0. The second kappa shape index (κ2) is 8.38. The highest BCUT2D eigenvalue weighted by Crippen LogP contribution is 2.36. The normalized spacial score (nSPS) is 15.0. The van der Waals surface area contributed by atoms with E-state index in [2.05, 4.69) is 0 Å². The summed E-state index contributed by atoms with van der Waals surface area (Å²) in [6.07, 6.45) is 1.42. The molecule has 0 aromatic heterocycles. The average molecular weight is 429 g/mol. The summed E-state index contributed by atoms with van der Waals surface area (Å²) in [5.41, 5.74) is 1.14. The van der Waals surface area contributed by atoms with Gasteiger partial charge in [0.1, 0.15) is 0 Å². The number of methoxy groups -OCH3 is 2. The molecular formula is C21H17ClN2O6. The summed E-state index contributed by atoms with van der Waals surface area (Å²) in [4.78, 5) is 37.7. The first-order chi connectivity index (χ1) is 14.3. The highest BCUT2D eigenvalue weighted by atomic mass is 35.5. The second-order valence-electron chi connectivity index (χ2n) is 6.32. The number of hydrogen-bond acceptors (Lipinski definition) is 6. The molecule has 8 nitrogen and oxygen atoms in total. The molecule has 0 saturated carbocycles. The fourth-order valence-corrected chi connectivity index (χ4v) is 3.31. The largest absolute Gasteiger partial charge is 0.490 e. The number of anilines is 1. The lowest BCUT2D eigenvalue weighted by Crippen LogP contribution is -2.24. The maximum absolute atomic E-state index is 13.2. The Labute approximate surface area is 177 Å². The Balaban J connectivity index is 2.14. The number of nitro groups is 1. The molecule has 0 radical (unpaired) electrons. The monoisotopic (exact) mass is 428 g/mol. The summed E-state index contributed by atoms with van der Waals surface area (Å²) in [6.45, 7) is 1.62. The van der Waals surface area contributed by atoms with Gasteiger partial charge in [0.05, 0.1) is 30.3 Å². The fraction of sp³-hybridized carbons (Fsp3) is 0.143. The Bertz CT molecular complexity index is 1100. The summed E-state index contributed by atoms with van der Waals surface area (Å²) in [5.74, 6) is -1.07. The third-order valence-electron chi connectivity index (χ3n) is 4.59. The van der Waals surface area contributed by atoms with Gasteiger partial charge in [-0.15, -0.1) is 0 Å². The zero-order valence-electron chi connectivity index (χ0n) is 16.3. The van der Waals surface area contributed by atoms with Crippen molar-refractivity contribution in [1.29, 1.82) is 0 Å². The first-order valence-corrected chi connectivity index (χ1v) is 9.10. The number of nitrogens with zero attached hydrogens (tertiary/aromatic N) is 2. The molecule has 0 N–H and O–H groups in total. The van der Waals surface area contributed by atoms with Crippen LogP contribution in [0.2, 0.25) is 5.02 Å². The van der Waals surface area contributed by atoms with Gasteiger partial charge < -0.3 is 9.47 Å². The van der Waals surface area contributed by atoms with Crippen LogP contribution in [-0.2, 0) is 14.3 Å². The van der Waals surface area contributed by atoms with Crippen molar-refractivity contribution in [3.05, 3.63) is 80.0 Å². The van der Waals surface area contributed by atoms with Gasteiger partial charge in [-0.1, -0.05) is 17.7 Å². The number of halogens is 1. The Morgan fingerprint density at radius 1 is 1.17 bits per heavy atom. The van der Waals surface area contributed by atoms with Crippen molar-refractivity contribution in [3.63, 3.8) is 0 Å². The smallest absolute Gasteiger partial charge is 0.340 e. The van der Waals surface area contributed by atoms with Crippen LogP contribution in [0.1, 0.15) is 12.5 Å². The van der Waals surface area contributed by atoms with Crippen molar-refractivity contribution in [1.82, 2.24) is 0 Å². The van der Waals surface area contributed by atoms with Crippen LogP contribution in [-0.4, -0.2) is 31.0 Å². The topological polar surface area (TPSA) is 99.0 Å². The minimum absolute atomic E-state index is 0.0637. The molecule has 0 spiro atoms. The third-order valence-corrected chi connectivity index (χ3v) is 4.84. The highest BCUT2D eigenvalue weighted by molar-refractivity contribution is 6.30. The minimum atomic E-state index is -0.688. The second-order valence-corrected chi connectivity index (χ2v) is 6.75. The predicted molar refractivity (Wildman–Crippen MR) is 111 cm³/mol. The van der Waals surface area contributed by atoms with Gasteiger partial charge in [0.15, 0.2) is 5.75 Å². The fourth-order valence-electron chi connectivity index (χ4n) is 3.19. The molecule has 2 aromatic rings. The third kappa shape index (κ3) is 3.77. The van der Waals surface area contributed by atoms with Gasteiger partial charge in [0.25, 0.3) is 5.91 Å². The standard InChI is InChI=1S/C21H17ClN2O6/c1-12-19(21(26)30-3)16(20(25)23(12)15-7-5-14(22)6-8-15)10-13-4-9-18(29-2)17(11-13)24(27)28/h4-11H,1-3H3/b16-10-. The molecule has 0 atom stereocenters. The van der Waals surface area contributed by atoms with E-state index in [9.17, 15) is 19.7 Å². The Kier molecular flexibility index (Phi) is 5.89. The molecule has 30 heavy (non-hydrogen) atoms. The van der Waals surface area contributed by atoms with E-state index in [0.29, 0.717) is 22.0 Å². The van der Waals surface area contributed by atoms with Crippen LogP contribution < -0.4 is 9.64 Å². The Hall–Kier alpha value is -3.65. The van der Waals surface area contributed by atoms with Gasteiger partial charge in [-0.25, -0.2) is 4.79 Å². The zero-order chi connectivity index (χ0) is 22.0. The zero-order valence-corrected chi connectivity index (χ0v) is 17.1. The maximum Gasteiger partial charge on any atom is 0.340 e. The van der Waals surface area contributed by atoms with Crippen molar-refractivity contribution in [2.24, 2.45) is 0 Å². The van der Waals surface area contributed by atoms with E-state index in [1.165, 1.54) is 37.3 Å². The van der Waals surface area contributed by atoms with Gasteiger partial charge in [-0.3, -0.25) is 19.8 Å². The molecule has 2 aromatic carbocycles. The van der Waals surface area contributed by atoms with Gasteiger partial charge >= 0.3 is 11.7 Å². The van der Waals surface area contributed by atoms with Gasteiger partial charge in [-0.2, -0.15) is 0 Å². The summed E-state index contributed by atoms with van der Waals surface area (Å²) in [6, 6.07) is 10.8. The van der Waals surface area contributed by atoms with Crippen LogP contribution in [0.15, 0.2) is 59.3 Å². The number of hydrogen-bond donors (Lipinski definition) is 0. The lowest BCUT2D eigenvalue weighted by Gasteiger charge is -2.17. The van der Waals surface area contributed by atoms with E-state index in [1.807, 2.05) is 0 Å². The molecule has 0 fully saturated rings. The molecule has 0 unspecified atom stereocenters. The molecule has 0 saturated heterocycles. The molecule has 1 aliphatic heterocycles. The van der Waals surface area contributed by atoms with Crippen LogP contribution in [0, 0.1) is 10.1 Å². The lowest BCUT2D eigenvalue weighted by molar-refractivity contribution is -0.385. The molecule has 0 aliphatic carbocycles. The quantitative estimate of drug-likeness (QED) is 0.307. The number of carbonyl (C=O) groups is 2. The summed E-state index contributed by atoms with van der Waals surface area (Å²) in [7, 11) is 2.54. The van der Waals surface area contributed by atoms with Crippen molar-refractivity contribution >= 4 is 40.9 Å². The van der Waals surface area contributed by atoms with Crippen LogP contribution in [0.25, 0.3) is 6.08 Å². The molecule has 9 heteroatoms. The number of allylic oxidation sites excluding steroid dienone is 1. The number of amides is 1. The van der Waals surface area contributed by atoms with E-state index in [0.717, 1.165) is 0 Å². The summed E-state index contributed by atoms with van der Waals surface area (Å²) >= 11 is 5.93. The number of esters is 1. The van der Waals surface area contributed by atoms with Gasteiger partial charge in [-0.05, 0) is 48.9 Å². The minimum Gasteiger partial charge on any atom is -0.490 e. The number of carbonyl (C=O) groups excluding carboxylic acids is 2. The molecule has 1 heterocycles. The van der Waals surface area contributed by atoms with Crippen LogP contribution in [0.5, 0.6) is 5.75 Å². The first kappa shape index (κ1) is 21.1. The maximum atomic E-state index is 13.2.